The molecule has 0 bridgehead atoms. The van der Waals surface area contributed by atoms with Gasteiger partial charge in [0.15, 0.2) is 0 Å². The number of nitrogens with one attached hydrogen (secondary N) is 1. The lowest BCUT2D eigenvalue weighted by Gasteiger charge is -2.14. The van der Waals surface area contributed by atoms with Crippen LogP contribution in [0.2, 0.25) is 0 Å². The summed E-state index contributed by atoms with van der Waals surface area (Å²) in [6.45, 7) is 4.11. The van der Waals surface area contributed by atoms with Crippen LogP contribution >= 0.6 is 11.8 Å². The Kier molecular flexibility index (Phi) is 4.79. The number of rotatable bonds is 5. The summed E-state index contributed by atoms with van der Waals surface area (Å²) in [6.07, 6.45) is 3.68. The molecular weight excluding hydrogens is 224 g/mol. The molecule has 0 atom stereocenters. The van der Waals surface area contributed by atoms with Crippen LogP contribution in [-0.4, -0.2) is 28.2 Å². The van der Waals surface area contributed by atoms with Gasteiger partial charge in [0.05, 0.1) is 0 Å². The smallest absolute Gasteiger partial charge is 0.295 e. The van der Waals surface area contributed by atoms with Crippen LogP contribution in [0.25, 0.3) is 0 Å². The van der Waals surface area contributed by atoms with E-state index < -0.39 is 0 Å². The summed E-state index contributed by atoms with van der Waals surface area (Å²) in [6, 6.07) is 0. The van der Waals surface area contributed by atoms with Crippen LogP contribution in [0.1, 0.15) is 38.3 Å². The molecule has 1 heterocycles. The highest BCUT2D eigenvalue weighted by atomic mass is 32.2. The summed E-state index contributed by atoms with van der Waals surface area (Å²) >= 11 is 1.40. The maximum Gasteiger partial charge on any atom is 0.295 e. The van der Waals surface area contributed by atoms with Gasteiger partial charge < -0.3 is 5.43 Å². The lowest BCUT2D eigenvalue weighted by Crippen LogP contribution is -2.34. The predicted molar refractivity (Wildman–Crippen MR) is 66.7 cm³/mol. The molecule has 0 spiro atoms. The SMILES string of the molecule is CCC(CC)c1nnc(SC)n(NC)c1=O. The first-order valence-electron chi connectivity index (χ1n) is 5.40. The normalized spacial score (nSPS) is 10.8. The van der Waals surface area contributed by atoms with Gasteiger partial charge in [-0.15, -0.1) is 10.2 Å². The zero-order chi connectivity index (χ0) is 12.1. The van der Waals surface area contributed by atoms with E-state index in [4.69, 9.17) is 0 Å². The molecule has 0 radical (unpaired) electrons. The summed E-state index contributed by atoms with van der Waals surface area (Å²) in [5.74, 6) is 0.190. The number of nitrogens with zero attached hydrogens (tertiary/aromatic N) is 3. The quantitative estimate of drug-likeness (QED) is 0.792. The molecular formula is C10H18N4OS. The molecule has 1 aromatic heterocycles. The van der Waals surface area contributed by atoms with Crippen molar-refractivity contribution in [2.45, 2.75) is 37.8 Å². The second-order valence-corrected chi connectivity index (χ2v) is 4.22. The van der Waals surface area contributed by atoms with E-state index in [9.17, 15) is 4.79 Å². The van der Waals surface area contributed by atoms with E-state index in [1.807, 2.05) is 6.26 Å². The van der Waals surface area contributed by atoms with Crippen molar-refractivity contribution in [2.24, 2.45) is 0 Å². The molecule has 0 aromatic carbocycles. The van der Waals surface area contributed by atoms with Gasteiger partial charge in [0.1, 0.15) is 5.69 Å². The van der Waals surface area contributed by atoms with Crippen molar-refractivity contribution in [3.8, 4) is 0 Å². The fourth-order valence-corrected chi connectivity index (χ4v) is 2.13. The zero-order valence-corrected chi connectivity index (χ0v) is 11.0. The van der Waals surface area contributed by atoms with Gasteiger partial charge in [-0.3, -0.25) is 4.79 Å². The molecule has 0 saturated heterocycles. The van der Waals surface area contributed by atoms with Crippen LogP contribution < -0.4 is 11.0 Å². The van der Waals surface area contributed by atoms with Crippen molar-refractivity contribution < 1.29 is 0 Å². The van der Waals surface area contributed by atoms with E-state index in [0.717, 1.165) is 12.8 Å². The van der Waals surface area contributed by atoms with Gasteiger partial charge in [0.25, 0.3) is 5.56 Å². The van der Waals surface area contributed by atoms with Crippen molar-refractivity contribution >= 4 is 11.8 Å². The lowest BCUT2D eigenvalue weighted by molar-refractivity contribution is 0.560. The predicted octanol–water partition coefficient (Wildman–Crippen LogP) is 1.44. The number of hydrogen-bond acceptors (Lipinski definition) is 5. The Morgan fingerprint density at radius 3 is 2.44 bits per heavy atom. The maximum atomic E-state index is 12.1. The highest BCUT2D eigenvalue weighted by molar-refractivity contribution is 7.98. The summed E-state index contributed by atoms with van der Waals surface area (Å²) in [5, 5.41) is 8.70. The van der Waals surface area contributed by atoms with Gasteiger partial charge in [0, 0.05) is 13.0 Å². The Bertz CT molecular complexity index is 400. The molecule has 0 fully saturated rings. The minimum absolute atomic E-state index is 0.0875. The Morgan fingerprint density at radius 2 is 2.00 bits per heavy atom. The molecule has 16 heavy (non-hydrogen) atoms. The van der Waals surface area contributed by atoms with Crippen LogP contribution in [0.3, 0.4) is 0 Å². The molecule has 0 aliphatic carbocycles. The van der Waals surface area contributed by atoms with Crippen molar-refractivity contribution in [3.63, 3.8) is 0 Å². The largest absolute Gasteiger partial charge is 0.324 e. The maximum absolute atomic E-state index is 12.1. The number of aromatic nitrogens is 3. The third-order valence-electron chi connectivity index (χ3n) is 2.64. The summed E-state index contributed by atoms with van der Waals surface area (Å²) in [5.41, 5.74) is 3.30. The van der Waals surface area contributed by atoms with Crippen LogP contribution in [0.5, 0.6) is 0 Å². The van der Waals surface area contributed by atoms with Gasteiger partial charge in [0.2, 0.25) is 5.16 Å². The monoisotopic (exact) mass is 242 g/mol. The molecule has 90 valence electrons. The third-order valence-corrected chi connectivity index (χ3v) is 3.26. The molecule has 6 heteroatoms. The Labute approximate surface area is 99.6 Å². The molecule has 1 rings (SSSR count). The van der Waals surface area contributed by atoms with E-state index in [0.29, 0.717) is 10.9 Å². The first-order valence-corrected chi connectivity index (χ1v) is 6.63. The molecule has 1 N–H and O–H groups in total. The van der Waals surface area contributed by atoms with Crippen LogP contribution in [0, 0.1) is 0 Å². The van der Waals surface area contributed by atoms with Crippen molar-refractivity contribution in [1.29, 1.82) is 0 Å². The van der Waals surface area contributed by atoms with Gasteiger partial charge in [-0.2, -0.15) is 4.68 Å². The number of thioether (sulfide) groups is 1. The first-order chi connectivity index (χ1) is 7.69. The van der Waals surface area contributed by atoms with E-state index in [-0.39, 0.29) is 11.5 Å². The average molecular weight is 242 g/mol. The molecule has 0 aliphatic rings. The van der Waals surface area contributed by atoms with E-state index in [1.54, 1.807) is 7.05 Å². The topological polar surface area (TPSA) is 59.8 Å². The minimum Gasteiger partial charge on any atom is -0.324 e. The minimum atomic E-state index is -0.0875. The fraction of sp³-hybridized carbons (Fsp3) is 0.700. The third kappa shape index (κ3) is 2.37. The van der Waals surface area contributed by atoms with Gasteiger partial charge >= 0.3 is 0 Å². The highest BCUT2D eigenvalue weighted by Crippen LogP contribution is 2.18. The molecule has 0 aliphatic heterocycles. The van der Waals surface area contributed by atoms with Crippen LogP contribution in [-0.2, 0) is 0 Å². The molecule has 5 nitrogen and oxygen atoms in total. The summed E-state index contributed by atoms with van der Waals surface area (Å²) in [7, 11) is 1.71. The Morgan fingerprint density at radius 1 is 1.38 bits per heavy atom. The molecule has 0 amide bonds. The van der Waals surface area contributed by atoms with Crippen molar-refractivity contribution in [3.05, 3.63) is 16.0 Å². The zero-order valence-electron chi connectivity index (χ0n) is 10.1. The van der Waals surface area contributed by atoms with Gasteiger partial charge in [-0.05, 0) is 19.1 Å². The molecule has 0 unspecified atom stereocenters. The van der Waals surface area contributed by atoms with Crippen LogP contribution in [0.15, 0.2) is 9.95 Å². The fourth-order valence-electron chi connectivity index (χ4n) is 1.65. The first kappa shape index (κ1) is 13.0. The van der Waals surface area contributed by atoms with Gasteiger partial charge in [-0.25, -0.2) is 0 Å². The van der Waals surface area contributed by atoms with Crippen molar-refractivity contribution in [1.82, 2.24) is 14.9 Å². The molecule has 0 saturated carbocycles. The van der Waals surface area contributed by atoms with Crippen LogP contribution in [0.4, 0.5) is 0 Å². The standard InChI is InChI=1S/C10H18N4OS/c1-5-7(6-2)8-9(15)14(11-3)10(16-4)13-12-8/h7,11H,5-6H2,1-4H3. The van der Waals surface area contributed by atoms with E-state index >= 15 is 0 Å². The second kappa shape index (κ2) is 5.89. The Balaban J connectivity index is 3.28. The molecule has 1 aromatic rings. The average Bonchev–Trinajstić information content (AvgIpc) is 2.32. The highest BCUT2D eigenvalue weighted by Gasteiger charge is 2.17. The second-order valence-electron chi connectivity index (χ2n) is 3.45. The van der Waals surface area contributed by atoms with Gasteiger partial charge in [-0.1, -0.05) is 25.6 Å². The summed E-state index contributed by atoms with van der Waals surface area (Å²) < 4.78 is 1.45. The van der Waals surface area contributed by atoms with E-state index in [1.165, 1.54) is 16.4 Å². The summed E-state index contributed by atoms with van der Waals surface area (Å²) in [4.78, 5) is 12.1. The number of hydrogen-bond donors (Lipinski definition) is 1. The lowest BCUT2D eigenvalue weighted by atomic mass is 10.0. The van der Waals surface area contributed by atoms with E-state index in [2.05, 4.69) is 29.5 Å². The van der Waals surface area contributed by atoms with Crippen molar-refractivity contribution in [2.75, 3.05) is 18.7 Å². The Hall–Kier alpha value is -1.04.